The molecule has 4 rings (SSSR count). The minimum Gasteiger partial charge on any atom is -0.510 e. The van der Waals surface area contributed by atoms with Gasteiger partial charge in [-0.3, -0.25) is 10.2 Å². The SMILES string of the molecule is CCNC(=O)COC(=O)c1cccc(N2CC(O)=C(c3nc4ccccc4s3)C2=N)c1. The fourth-order valence-electron chi connectivity index (χ4n) is 3.27. The highest BCUT2D eigenvalue weighted by atomic mass is 32.1. The highest BCUT2D eigenvalue weighted by Crippen LogP contribution is 2.35. The van der Waals surface area contributed by atoms with Crippen molar-refractivity contribution in [3.05, 3.63) is 64.9 Å². The zero-order valence-electron chi connectivity index (χ0n) is 16.7. The first-order valence-electron chi connectivity index (χ1n) is 9.66. The van der Waals surface area contributed by atoms with Crippen LogP contribution < -0.4 is 10.2 Å². The molecular formula is C22H20N4O4S. The van der Waals surface area contributed by atoms with Crippen LogP contribution in [-0.4, -0.2) is 47.5 Å². The number of aliphatic hydroxyl groups excluding tert-OH is 1. The van der Waals surface area contributed by atoms with Crippen molar-refractivity contribution in [2.45, 2.75) is 6.92 Å². The molecule has 158 valence electrons. The molecule has 2 heterocycles. The molecule has 0 atom stereocenters. The van der Waals surface area contributed by atoms with E-state index in [0.29, 0.717) is 22.8 Å². The number of aromatic nitrogens is 1. The van der Waals surface area contributed by atoms with Gasteiger partial charge in [0.05, 0.1) is 27.9 Å². The minimum atomic E-state index is -0.637. The lowest BCUT2D eigenvalue weighted by Crippen LogP contribution is -2.28. The second-order valence-corrected chi connectivity index (χ2v) is 7.85. The van der Waals surface area contributed by atoms with Gasteiger partial charge in [0.2, 0.25) is 0 Å². The molecule has 8 nitrogen and oxygen atoms in total. The predicted molar refractivity (Wildman–Crippen MR) is 120 cm³/mol. The molecule has 0 saturated heterocycles. The number of hydrogen-bond acceptors (Lipinski definition) is 7. The van der Waals surface area contributed by atoms with E-state index in [1.165, 1.54) is 11.3 Å². The highest BCUT2D eigenvalue weighted by molar-refractivity contribution is 7.19. The summed E-state index contributed by atoms with van der Waals surface area (Å²) in [5.41, 5.74) is 2.00. The number of esters is 1. The van der Waals surface area contributed by atoms with Gasteiger partial charge in [-0.1, -0.05) is 18.2 Å². The summed E-state index contributed by atoms with van der Waals surface area (Å²) in [5.74, 6) is -0.858. The second kappa shape index (κ2) is 8.57. The number of amides is 1. The fraction of sp³-hybridized carbons (Fsp3) is 0.182. The van der Waals surface area contributed by atoms with Crippen molar-refractivity contribution in [2.24, 2.45) is 0 Å². The lowest BCUT2D eigenvalue weighted by molar-refractivity contribution is -0.124. The van der Waals surface area contributed by atoms with E-state index in [2.05, 4.69) is 10.3 Å². The van der Waals surface area contributed by atoms with Crippen LogP contribution in [0, 0.1) is 5.41 Å². The van der Waals surface area contributed by atoms with Gasteiger partial charge in [0, 0.05) is 12.2 Å². The van der Waals surface area contributed by atoms with E-state index in [9.17, 15) is 14.7 Å². The predicted octanol–water partition coefficient (Wildman–Crippen LogP) is 3.36. The zero-order chi connectivity index (χ0) is 22.0. The number of amidine groups is 1. The molecule has 0 unspecified atom stereocenters. The van der Waals surface area contributed by atoms with Crippen LogP contribution in [0.2, 0.25) is 0 Å². The normalized spacial score (nSPS) is 13.7. The van der Waals surface area contributed by atoms with Gasteiger partial charge in [-0.05, 0) is 37.3 Å². The smallest absolute Gasteiger partial charge is 0.338 e. The standard InChI is InChI=1S/C22H20N4O4S/c1-2-24-18(28)12-30-22(29)13-6-5-7-14(10-13)26-11-16(27)19(20(26)23)21-25-15-8-3-4-9-17(15)31-21/h3-10,23,27H,2,11-12H2,1H3,(H,24,28). The summed E-state index contributed by atoms with van der Waals surface area (Å²) < 4.78 is 6.01. The van der Waals surface area contributed by atoms with Crippen LogP contribution in [0.5, 0.6) is 0 Å². The highest BCUT2D eigenvalue weighted by Gasteiger charge is 2.31. The number of thiazole rings is 1. The van der Waals surface area contributed by atoms with Crippen molar-refractivity contribution in [2.75, 3.05) is 24.6 Å². The Hall–Kier alpha value is -3.72. The number of nitrogens with one attached hydrogen (secondary N) is 2. The number of carbonyl (C=O) groups is 2. The topological polar surface area (TPSA) is 116 Å². The van der Waals surface area contributed by atoms with Crippen LogP contribution in [0.1, 0.15) is 22.3 Å². The Morgan fingerprint density at radius 2 is 2.06 bits per heavy atom. The van der Waals surface area contributed by atoms with Gasteiger partial charge in [0.25, 0.3) is 5.91 Å². The van der Waals surface area contributed by atoms with Gasteiger partial charge >= 0.3 is 5.97 Å². The summed E-state index contributed by atoms with van der Waals surface area (Å²) in [6, 6.07) is 14.2. The maximum Gasteiger partial charge on any atom is 0.338 e. The molecule has 2 aromatic carbocycles. The lowest BCUT2D eigenvalue weighted by Gasteiger charge is -2.19. The van der Waals surface area contributed by atoms with E-state index in [1.807, 2.05) is 24.3 Å². The first-order chi connectivity index (χ1) is 15.0. The Labute approximate surface area is 182 Å². The van der Waals surface area contributed by atoms with Gasteiger partial charge in [-0.15, -0.1) is 11.3 Å². The first-order valence-corrected chi connectivity index (χ1v) is 10.5. The van der Waals surface area contributed by atoms with Crippen LogP contribution in [0.25, 0.3) is 15.8 Å². The van der Waals surface area contributed by atoms with E-state index in [-0.39, 0.29) is 36.2 Å². The van der Waals surface area contributed by atoms with Gasteiger partial charge in [0.15, 0.2) is 6.61 Å². The molecule has 0 fully saturated rings. The number of benzene rings is 2. The van der Waals surface area contributed by atoms with Crippen molar-refractivity contribution < 1.29 is 19.4 Å². The fourth-order valence-corrected chi connectivity index (χ4v) is 4.30. The first kappa shape index (κ1) is 20.5. The van der Waals surface area contributed by atoms with Crippen LogP contribution in [0.3, 0.4) is 0 Å². The molecular weight excluding hydrogens is 416 g/mol. The summed E-state index contributed by atoms with van der Waals surface area (Å²) in [5, 5.41) is 22.3. The van der Waals surface area contributed by atoms with Gasteiger partial charge in [0.1, 0.15) is 16.6 Å². The molecule has 0 radical (unpaired) electrons. The van der Waals surface area contributed by atoms with Crippen molar-refractivity contribution in [3.63, 3.8) is 0 Å². The monoisotopic (exact) mass is 436 g/mol. The van der Waals surface area contributed by atoms with Crippen LogP contribution in [0.4, 0.5) is 5.69 Å². The van der Waals surface area contributed by atoms with Crippen molar-refractivity contribution in [3.8, 4) is 0 Å². The number of ether oxygens (including phenoxy) is 1. The number of rotatable bonds is 6. The van der Waals surface area contributed by atoms with E-state index < -0.39 is 5.97 Å². The molecule has 0 spiro atoms. The third-order valence-electron chi connectivity index (χ3n) is 4.71. The van der Waals surface area contributed by atoms with Gasteiger partial charge in [-0.2, -0.15) is 0 Å². The molecule has 1 aliphatic heterocycles. The number of likely N-dealkylation sites (N-methyl/N-ethyl adjacent to an activating group) is 1. The third-order valence-corrected chi connectivity index (χ3v) is 5.77. The zero-order valence-corrected chi connectivity index (χ0v) is 17.5. The van der Waals surface area contributed by atoms with Crippen LogP contribution in [-0.2, 0) is 9.53 Å². The van der Waals surface area contributed by atoms with Crippen molar-refractivity contribution in [1.29, 1.82) is 5.41 Å². The number of para-hydroxylation sites is 1. The lowest BCUT2D eigenvalue weighted by atomic mass is 10.2. The molecule has 0 aliphatic carbocycles. The third kappa shape index (κ3) is 4.13. The molecule has 3 N–H and O–H groups in total. The molecule has 1 aliphatic rings. The number of nitrogens with zero attached hydrogens (tertiary/aromatic N) is 2. The number of anilines is 1. The van der Waals surface area contributed by atoms with Crippen molar-refractivity contribution >= 4 is 50.5 Å². The van der Waals surface area contributed by atoms with E-state index in [1.54, 1.807) is 36.1 Å². The van der Waals surface area contributed by atoms with E-state index >= 15 is 0 Å². The Bertz CT molecular complexity index is 1180. The maximum absolute atomic E-state index is 12.3. The number of carbonyl (C=O) groups excluding carboxylic acids is 2. The number of hydrogen-bond donors (Lipinski definition) is 3. The van der Waals surface area contributed by atoms with Gasteiger partial charge in [-0.25, -0.2) is 9.78 Å². The average Bonchev–Trinajstić information content (AvgIpc) is 3.32. The molecule has 31 heavy (non-hydrogen) atoms. The summed E-state index contributed by atoms with van der Waals surface area (Å²) >= 11 is 1.41. The summed E-state index contributed by atoms with van der Waals surface area (Å²) in [4.78, 5) is 30.0. The Morgan fingerprint density at radius 3 is 2.84 bits per heavy atom. The molecule has 0 bridgehead atoms. The Balaban J connectivity index is 1.53. The maximum atomic E-state index is 12.3. The molecule has 3 aromatic rings. The summed E-state index contributed by atoms with van der Waals surface area (Å²) in [7, 11) is 0. The van der Waals surface area contributed by atoms with E-state index in [0.717, 1.165) is 10.2 Å². The average molecular weight is 436 g/mol. The molecule has 9 heteroatoms. The molecule has 1 aromatic heterocycles. The second-order valence-electron chi connectivity index (χ2n) is 6.82. The largest absolute Gasteiger partial charge is 0.510 e. The van der Waals surface area contributed by atoms with Crippen LogP contribution >= 0.6 is 11.3 Å². The Morgan fingerprint density at radius 1 is 1.26 bits per heavy atom. The molecule has 1 amide bonds. The Kier molecular flexibility index (Phi) is 5.68. The van der Waals surface area contributed by atoms with E-state index in [4.69, 9.17) is 10.1 Å². The summed E-state index contributed by atoms with van der Waals surface area (Å²) in [6.45, 7) is 1.97. The quantitative estimate of drug-likeness (QED) is 0.511. The van der Waals surface area contributed by atoms with Crippen molar-refractivity contribution in [1.82, 2.24) is 10.3 Å². The van der Waals surface area contributed by atoms with Crippen LogP contribution in [0.15, 0.2) is 54.3 Å². The number of aliphatic hydroxyl groups is 1. The number of fused-ring (bicyclic) bond motifs is 1. The summed E-state index contributed by atoms with van der Waals surface area (Å²) in [6.07, 6.45) is 0. The molecule has 0 saturated carbocycles. The van der Waals surface area contributed by atoms with Gasteiger partial charge < -0.3 is 20.1 Å². The minimum absolute atomic E-state index is 0.0493.